The summed E-state index contributed by atoms with van der Waals surface area (Å²) in [5, 5.41) is 2.94. The smallest absolute Gasteiger partial charge is 0.223 e. The molecule has 134 valence electrons. The highest BCUT2D eigenvalue weighted by molar-refractivity contribution is 5.78. The first-order valence-corrected chi connectivity index (χ1v) is 9.01. The Morgan fingerprint density at radius 1 is 0.960 bits per heavy atom. The molecule has 2 aromatic rings. The molecule has 4 heteroatoms. The zero-order chi connectivity index (χ0) is 17.9. The molecule has 0 aromatic heterocycles. The number of hydrogen-bond acceptors (Lipinski definition) is 3. The number of hydrogen-bond donors (Lipinski definition) is 3. The quantitative estimate of drug-likeness (QED) is 0.622. The minimum atomic E-state index is -0.0690. The van der Waals surface area contributed by atoms with Crippen molar-refractivity contribution >= 4 is 5.91 Å². The van der Waals surface area contributed by atoms with Gasteiger partial charge in [0.1, 0.15) is 0 Å². The van der Waals surface area contributed by atoms with Gasteiger partial charge in [-0.25, -0.2) is 0 Å². The fourth-order valence-electron chi connectivity index (χ4n) is 3.12. The molecule has 0 heterocycles. The molecule has 0 aliphatic heterocycles. The van der Waals surface area contributed by atoms with Crippen molar-refractivity contribution in [3.8, 4) is 0 Å². The monoisotopic (exact) mass is 339 g/mol. The van der Waals surface area contributed by atoms with Crippen molar-refractivity contribution in [2.75, 3.05) is 19.6 Å². The second-order valence-electron chi connectivity index (χ2n) is 6.38. The van der Waals surface area contributed by atoms with Gasteiger partial charge in [0.2, 0.25) is 5.91 Å². The second-order valence-corrected chi connectivity index (χ2v) is 6.38. The fourth-order valence-corrected chi connectivity index (χ4v) is 3.12. The van der Waals surface area contributed by atoms with E-state index in [0.29, 0.717) is 19.6 Å². The van der Waals surface area contributed by atoms with Crippen LogP contribution in [0.2, 0.25) is 0 Å². The van der Waals surface area contributed by atoms with Crippen LogP contribution in [-0.2, 0) is 11.2 Å². The van der Waals surface area contributed by atoms with Crippen LogP contribution in [0, 0.1) is 5.92 Å². The molecule has 0 saturated carbocycles. The summed E-state index contributed by atoms with van der Waals surface area (Å²) >= 11 is 0. The third-order valence-corrected chi connectivity index (χ3v) is 4.56. The first-order chi connectivity index (χ1) is 12.2. The number of carbonyl (C=O) groups is 1. The lowest BCUT2D eigenvalue weighted by molar-refractivity contribution is -0.125. The van der Waals surface area contributed by atoms with Crippen molar-refractivity contribution in [1.82, 2.24) is 5.32 Å². The largest absolute Gasteiger partial charge is 0.355 e. The van der Waals surface area contributed by atoms with E-state index in [9.17, 15) is 4.79 Å². The van der Waals surface area contributed by atoms with E-state index in [1.54, 1.807) is 0 Å². The zero-order valence-electron chi connectivity index (χ0n) is 14.7. The molecule has 2 rings (SSSR count). The van der Waals surface area contributed by atoms with Gasteiger partial charge >= 0.3 is 0 Å². The lowest BCUT2D eigenvalue weighted by atomic mass is 9.85. The van der Waals surface area contributed by atoms with Crippen LogP contribution < -0.4 is 16.8 Å². The highest BCUT2D eigenvalue weighted by Crippen LogP contribution is 2.26. The summed E-state index contributed by atoms with van der Waals surface area (Å²) < 4.78 is 0. The minimum Gasteiger partial charge on any atom is -0.355 e. The van der Waals surface area contributed by atoms with Crippen molar-refractivity contribution in [3.63, 3.8) is 0 Å². The summed E-state index contributed by atoms with van der Waals surface area (Å²) in [6, 6.07) is 20.5. The van der Waals surface area contributed by atoms with Crippen molar-refractivity contribution in [1.29, 1.82) is 0 Å². The van der Waals surface area contributed by atoms with E-state index in [0.717, 1.165) is 19.3 Å². The van der Waals surface area contributed by atoms with Gasteiger partial charge in [-0.1, -0.05) is 60.7 Å². The summed E-state index contributed by atoms with van der Waals surface area (Å²) in [6.45, 7) is 1.51. The molecule has 5 N–H and O–H groups in total. The Kier molecular flexibility index (Phi) is 8.16. The second kappa shape index (κ2) is 10.6. The van der Waals surface area contributed by atoms with Gasteiger partial charge in [-0.15, -0.1) is 0 Å². The van der Waals surface area contributed by atoms with E-state index in [4.69, 9.17) is 11.5 Å². The Hall–Kier alpha value is -2.17. The first-order valence-electron chi connectivity index (χ1n) is 9.01. The summed E-state index contributed by atoms with van der Waals surface area (Å²) in [5.74, 6) is 0.196. The number of rotatable bonds is 10. The Morgan fingerprint density at radius 2 is 1.60 bits per heavy atom. The lowest BCUT2D eigenvalue weighted by Crippen LogP contribution is -2.36. The highest BCUT2D eigenvalue weighted by Gasteiger charge is 2.23. The van der Waals surface area contributed by atoms with Crippen LogP contribution >= 0.6 is 0 Å². The molecule has 2 atom stereocenters. The normalized spacial score (nSPS) is 13.2. The fraction of sp³-hybridized carbons (Fsp3) is 0.381. The van der Waals surface area contributed by atoms with Crippen molar-refractivity contribution in [3.05, 3.63) is 71.8 Å². The van der Waals surface area contributed by atoms with Gasteiger partial charge in [0.05, 0.1) is 0 Å². The molecule has 25 heavy (non-hydrogen) atoms. The number of benzene rings is 2. The Morgan fingerprint density at radius 3 is 2.20 bits per heavy atom. The van der Waals surface area contributed by atoms with E-state index < -0.39 is 0 Å². The van der Waals surface area contributed by atoms with Crippen LogP contribution in [0.3, 0.4) is 0 Å². The Balaban J connectivity index is 2.05. The third-order valence-electron chi connectivity index (χ3n) is 4.56. The molecular weight excluding hydrogens is 310 g/mol. The Bertz CT molecular complexity index is 616. The van der Waals surface area contributed by atoms with Crippen LogP contribution in [0.5, 0.6) is 0 Å². The number of nitrogens with one attached hydrogen (secondary N) is 1. The van der Waals surface area contributed by atoms with Crippen LogP contribution in [0.25, 0.3) is 0 Å². The number of nitrogens with two attached hydrogens (primary N) is 2. The van der Waals surface area contributed by atoms with Gasteiger partial charge in [-0.2, -0.15) is 0 Å². The van der Waals surface area contributed by atoms with Gasteiger partial charge in [-0.3, -0.25) is 4.79 Å². The molecule has 0 aliphatic rings. The standard InChI is InChI=1S/C21H29N3O/c22-13-14-24-21(25)19(12-11-17-7-3-1-4-8-17)15-20(16-23)18-9-5-2-6-10-18/h1-10,19-20H,11-16,22-23H2,(H,24,25). The van der Waals surface area contributed by atoms with E-state index >= 15 is 0 Å². The van der Waals surface area contributed by atoms with E-state index in [1.165, 1.54) is 11.1 Å². The van der Waals surface area contributed by atoms with Crippen molar-refractivity contribution < 1.29 is 4.79 Å². The number of amides is 1. The molecule has 4 nitrogen and oxygen atoms in total. The maximum Gasteiger partial charge on any atom is 0.223 e. The summed E-state index contributed by atoms with van der Waals surface area (Å²) in [6.07, 6.45) is 2.45. The van der Waals surface area contributed by atoms with Crippen LogP contribution in [0.4, 0.5) is 0 Å². The van der Waals surface area contributed by atoms with E-state index in [-0.39, 0.29) is 17.7 Å². The average Bonchev–Trinajstić information content (AvgIpc) is 2.68. The van der Waals surface area contributed by atoms with Crippen LogP contribution in [0.15, 0.2) is 60.7 Å². The zero-order valence-corrected chi connectivity index (χ0v) is 14.7. The predicted molar refractivity (Wildman–Crippen MR) is 103 cm³/mol. The molecule has 0 spiro atoms. The lowest BCUT2D eigenvalue weighted by Gasteiger charge is -2.23. The van der Waals surface area contributed by atoms with E-state index in [1.807, 2.05) is 36.4 Å². The van der Waals surface area contributed by atoms with Gasteiger partial charge in [-0.05, 0) is 42.9 Å². The maximum atomic E-state index is 12.6. The maximum absolute atomic E-state index is 12.6. The van der Waals surface area contributed by atoms with Crippen LogP contribution in [-0.4, -0.2) is 25.5 Å². The number of carbonyl (C=O) groups excluding carboxylic acids is 1. The molecule has 0 aliphatic carbocycles. The molecular formula is C21H29N3O. The van der Waals surface area contributed by atoms with Crippen molar-refractivity contribution in [2.24, 2.45) is 17.4 Å². The van der Waals surface area contributed by atoms with Crippen molar-refractivity contribution in [2.45, 2.75) is 25.2 Å². The molecule has 0 fully saturated rings. The Labute approximate surface area is 150 Å². The third kappa shape index (κ3) is 6.33. The molecule has 1 amide bonds. The van der Waals surface area contributed by atoms with Gasteiger partial charge in [0.15, 0.2) is 0 Å². The summed E-state index contributed by atoms with van der Waals surface area (Å²) in [7, 11) is 0. The minimum absolute atomic E-state index is 0.0690. The first kappa shape index (κ1) is 19.2. The topological polar surface area (TPSA) is 81.1 Å². The molecule has 0 bridgehead atoms. The molecule has 0 saturated heterocycles. The van der Waals surface area contributed by atoms with Gasteiger partial charge in [0.25, 0.3) is 0 Å². The van der Waals surface area contributed by atoms with Gasteiger partial charge in [0, 0.05) is 19.0 Å². The predicted octanol–water partition coefficient (Wildman–Crippen LogP) is 2.44. The average molecular weight is 339 g/mol. The molecule has 2 aromatic carbocycles. The SMILES string of the molecule is NCCNC(=O)C(CCc1ccccc1)CC(CN)c1ccccc1. The highest BCUT2D eigenvalue weighted by atomic mass is 16.1. The summed E-state index contributed by atoms with van der Waals surface area (Å²) in [5.41, 5.74) is 14.0. The summed E-state index contributed by atoms with van der Waals surface area (Å²) in [4.78, 5) is 12.6. The van der Waals surface area contributed by atoms with Gasteiger partial charge < -0.3 is 16.8 Å². The van der Waals surface area contributed by atoms with E-state index in [2.05, 4.69) is 29.6 Å². The molecule has 2 unspecified atom stereocenters. The molecule has 0 radical (unpaired) electrons. The van der Waals surface area contributed by atoms with Crippen LogP contribution in [0.1, 0.15) is 29.9 Å². The number of aryl methyl sites for hydroxylation is 1.